The molecule has 0 aliphatic carbocycles. The van der Waals surface area contributed by atoms with E-state index >= 15 is 0 Å². The summed E-state index contributed by atoms with van der Waals surface area (Å²) in [5, 5.41) is 6.97. The van der Waals surface area contributed by atoms with E-state index in [2.05, 4.69) is 4.72 Å². The summed E-state index contributed by atoms with van der Waals surface area (Å²) in [5.74, 6) is -1.80. The first kappa shape index (κ1) is 13.4. The first-order valence-corrected chi connectivity index (χ1v) is 7.95. The molecule has 0 radical (unpaired) electrons. The van der Waals surface area contributed by atoms with Crippen molar-refractivity contribution in [1.29, 1.82) is 0 Å². The predicted octanol–water partition coefficient (Wildman–Crippen LogP) is -1.43. The molecule has 2 unspecified atom stereocenters. The van der Waals surface area contributed by atoms with E-state index in [4.69, 9.17) is 5.11 Å². The summed E-state index contributed by atoms with van der Waals surface area (Å²) in [6.07, 6.45) is 0.188. The first-order chi connectivity index (χ1) is 7.14. The molecule has 16 heavy (non-hydrogen) atoms. The van der Waals surface area contributed by atoms with Gasteiger partial charge in [-0.15, -0.1) is 0 Å². The highest BCUT2D eigenvalue weighted by molar-refractivity contribution is 7.92. The molecule has 2 atom stereocenters. The summed E-state index contributed by atoms with van der Waals surface area (Å²) in [6, 6.07) is -0.711. The molecule has 0 aromatic carbocycles. The van der Waals surface area contributed by atoms with Gasteiger partial charge in [-0.3, -0.25) is 4.79 Å². The summed E-state index contributed by atoms with van der Waals surface area (Å²) >= 11 is 0. The van der Waals surface area contributed by atoms with Crippen LogP contribution in [0.4, 0.5) is 0 Å². The Kier molecular flexibility index (Phi) is 3.60. The molecule has 0 bridgehead atoms. The fraction of sp³-hybridized carbons (Fsp3) is 0.857. The van der Waals surface area contributed by atoms with Crippen molar-refractivity contribution in [2.45, 2.75) is 24.6 Å². The van der Waals surface area contributed by atoms with E-state index in [9.17, 15) is 21.6 Å². The van der Waals surface area contributed by atoms with E-state index < -0.39 is 37.1 Å². The molecule has 1 aliphatic heterocycles. The molecule has 1 fully saturated rings. The molecule has 0 saturated carbocycles. The van der Waals surface area contributed by atoms with Crippen LogP contribution in [0, 0.1) is 0 Å². The third-order valence-corrected chi connectivity index (χ3v) is 5.94. The SMILES string of the molecule is CC(C(=O)O)S(=O)(=O)NC1CCS(=O)(=O)C1. The highest BCUT2D eigenvalue weighted by Gasteiger charge is 2.35. The van der Waals surface area contributed by atoms with Gasteiger partial charge < -0.3 is 5.11 Å². The van der Waals surface area contributed by atoms with Crippen LogP contribution in [0.2, 0.25) is 0 Å². The zero-order chi connectivity index (χ0) is 12.6. The molecule has 1 rings (SSSR count). The normalized spacial score (nSPS) is 26.4. The average Bonchev–Trinajstić information content (AvgIpc) is 2.43. The third-order valence-electron chi connectivity index (χ3n) is 2.38. The maximum atomic E-state index is 11.5. The molecule has 0 aromatic heterocycles. The highest BCUT2D eigenvalue weighted by Crippen LogP contribution is 2.13. The van der Waals surface area contributed by atoms with Crippen LogP contribution in [0.1, 0.15) is 13.3 Å². The van der Waals surface area contributed by atoms with Gasteiger partial charge in [0.25, 0.3) is 0 Å². The van der Waals surface area contributed by atoms with Crippen molar-refractivity contribution in [1.82, 2.24) is 4.72 Å². The van der Waals surface area contributed by atoms with Gasteiger partial charge in [0.1, 0.15) is 0 Å². The zero-order valence-electron chi connectivity index (χ0n) is 8.58. The van der Waals surface area contributed by atoms with Gasteiger partial charge in [0, 0.05) is 6.04 Å². The van der Waals surface area contributed by atoms with Gasteiger partial charge >= 0.3 is 5.97 Å². The summed E-state index contributed by atoms with van der Waals surface area (Å²) in [4.78, 5) is 10.5. The second-order valence-corrected chi connectivity index (χ2v) is 8.00. The van der Waals surface area contributed by atoms with Crippen molar-refractivity contribution < 1.29 is 26.7 Å². The lowest BCUT2D eigenvalue weighted by atomic mass is 10.3. The standard InChI is InChI=1S/C7H13NO6S2/c1-5(7(9)10)16(13,14)8-6-2-3-15(11,12)4-6/h5-6,8H,2-4H2,1H3,(H,9,10). The third kappa shape index (κ3) is 3.16. The maximum absolute atomic E-state index is 11.5. The summed E-state index contributed by atoms with van der Waals surface area (Å²) in [5.41, 5.74) is 0. The van der Waals surface area contributed by atoms with E-state index in [1.165, 1.54) is 0 Å². The van der Waals surface area contributed by atoms with E-state index in [0.717, 1.165) is 6.92 Å². The average molecular weight is 271 g/mol. The summed E-state index contributed by atoms with van der Waals surface area (Å²) < 4.78 is 47.2. The minimum absolute atomic E-state index is 0.0678. The number of hydrogen-bond acceptors (Lipinski definition) is 5. The largest absolute Gasteiger partial charge is 0.480 e. The fourth-order valence-electron chi connectivity index (χ4n) is 1.36. The van der Waals surface area contributed by atoms with Crippen LogP contribution in [0.3, 0.4) is 0 Å². The van der Waals surface area contributed by atoms with Gasteiger partial charge in [-0.05, 0) is 13.3 Å². The van der Waals surface area contributed by atoms with Crippen LogP contribution in [-0.4, -0.2) is 50.7 Å². The number of sulfonamides is 1. The van der Waals surface area contributed by atoms with Crippen LogP contribution in [-0.2, 0) is 24.7 Å². The van der Waals surface area contributed by atoms with E-state index in [0.29, 0.717) is 0 Å². The van der Waals surface area contributed by atoms with Gasteiger partial charge in [0.05, 0.1) is 11.5 Å². The van der Waals surface area contributed by atoms with Crippen molar-refractivity contribution in [2.75, 3.05) is 11.5 Å². The maximum Gasteiger partial charge on any atom is 0.323 e. The summed E-state index contributed by atoms with van der Waals surface area (Å²) in [6.45, 7) is 1.04. The van der Waals surface area contributed by atoms with Gasteiger partial charge in [0.2, 0.25) is 10.0 Å². The number of hydrogen-bond donors (Lipinski definition) is 2. The molecular formula is C7H13NO6S2. The number of carboxylic acid groups (broad SMARTS) is 1. The Hall–Kier alpha value is -0.670. The van der Waals surface area contributed by atoms with Crippen molar-refractivity contribution >= 4 is 25.8 Å². The van der Waals surface area contributed by atoms with Crippen molar-refractivity contribution in [3.8, 4) is 0 Å². The molecule has 1 heterocycles. The van der Waals surface area contributed by atoms with Gasteiger partial charge in [-0.2, -0.15) is 0 Å². The van der Waals surface area contributed by atoms with Gasteiger partial charge in [0.15, 0.2) is 15.1 Å². The molecular weight excluding hydrogens is 258 g/mol. The lowest BCUT2D eigenvalue weighted by molar-refractivity contribution is -0.136. The van der Waals surface area contributed by atoms with E-state index in [-0.39, 0.29) is 17.9 Å². The minimum Gasteiger partial charge on any atom is -0.480 e. The summed E-state index contributed by atoms with van der Waals surface area (Å²) in [7, 11) is -7.20. The molecule has 1 aliphatic rings. The first-order valence-electron chi connectivity index (χ1n) is 4.58. The van der Waals surface area contributed by atoms with Gasteiger partial charge in [-0.1, -0.05) is 0 Å². The smallest absolute Gasteiger partial charge is 0.323 e. The molecule has 0 spiro atoms. The van der Waals surface area contributed by atoms with Crippen LogP contribution in [0.15, 0.2) is 0 Å². The molecule has 9 heteroatoms. The lowest BCUT2D eigenvalue weighted by Crippen LogP contribution is -2.43. The number of sulfone groups is 1. The molecule has 7 nitrogen and oxygen atoms in total. The Morgan fingerprint density at radius 3 is 2.44 bits per heavy atom. The molecule has 2 N–H and O–H groups in total. The second-order valence-electron chi connectivity index (χ2n) is 3.74. The highest BCUT2D eigenvalue weighted by atomic mass is 32.2. The second kappa shape index (κ2) is 4.30. The van der Waals surface area contributed by atoms with Crippen LogP contribution in [0.5, 0.6) is 0 Å². The quantitative estimate of drug-likeness (QED) is 0.647. The Morgan fingerprint density at radius 1 is 1.50 bits per heavy atom. The Morgan fingerprint density at radius 2 is 2.06 bits per heavy atom. The number of aliphatic carboxylic acids is 1. The van der Waals surface area contributed by atoms with E-state index in [1.54, 1.807) is 0 Å². The van der Waals surface area contributed by atoms with Crippen LogP contribution in [0.25, 0.3) is 0 Å². The van der Waals surface area contributed by atoms with Crippen LogP contribution < -0.4 is 4.72 Å². The topological polar surface area (TPSA) is 118 Å². The van der Waals surface area contributed by atoms with Crippen molar-refractivity contribution in [2.24, 2.45) is 0 Å². The van der Waals surface area contributed by atoms with Crippen molar-refractivity contribution in [3.63, 3.8) is 0 Å². The monoisotopic (exact) mass is 271 g/mol. The molecule has 0 aromatic rings. The number of carboxylic acids is 1. The Labute approximate surface area is 93.8 Å². The Balaban J connectivity index is 2.72. The molecule has 0 amide bonds. The van der Waals surface area contributed by atoms with Crippen LogP contribution >= 0.6 is 0 Å². The Bertz CT molecular complexity index is 479. The number of carbonyl (C=O) groups is 1. The van der Waals surface area contributed by atoms with Gasteiger partial charge in [-0.25, -0.2) is 21.6 Å². The molecule has 1 saturated heterocycles. The van der Waals surface area contributed by atoms with Crippen molar-refractivity contribution in [3.05, 3.63) is 0 Å². The molecule has 94 valence electrons. The van der Waals surface area contributed by atoms with E-state index in [1.807, 2.05) is 0 Å². The minimum atomic E-state index is -4.01. The zero-order valence-corrected chi connectivity index (χ0v) is 10.2. The number of rotatable bonds is 4. The number of nitrogens with one attached hydrogen (secondary N) is 1. The fourth-order valence-corrected chi connectivity index (χ4v) is 4.27. The lowest BCUT2D eigenvalue weighted by Gasteiger charge is -2.13. The predicted molar refractivity (Wildman–Crippen MR) is 56.2 cm³/mol.